The van der Waals surface area contributed by atoms with Gasteiger partial charge in [-0.2, -0.15) is 0 Å². The summed E-state index contributed by atoms with van der Waals surface area (Å²) in [5.74, 6) is -0.316. The van der Waals surface area contributed by atoms with Crippen molar-refractivity contribution in [1.82, 2.24) is 16.0 Å². The van der Waals surface area contributed by atoms with Crippen LogP contribution < -0.4 is 21.7 Å². The van der Waals surface area contributed by atoms with Crippen LogP contribution in [-0.2, 0) is 18.4 Å². The normalized spacial score (nSPS) is 12.7. The molecule has 10 heteroatoms. The number of carbonyl (C=O) groups is 1. The summed E-state index contributed by atoms with van der Waals surface area (Å²) < 4.78 is 22.7. The van der Waals surface area contributed by atoms with Crippen molar-refractivity contribution >= 4 is 19.5 Å². The highest BCUT2D eigenvalue weighted by molar-refractivity contribution is 7.53. The van der Waals surface area contributed by atoms with Crippen LogP contribution in [0.25, 0.3) is 0 Å². The second-order valence-electron chi connectivity index (χ2n) is 4.46. The van der Waals surface area contributed by atoms with Gasteiger partial charge in [0.05, 0.1) is 25.5 Å². The molecule has 0 aromatic rings. The van der Waals surface area contributed by atoms with Gasteiger partial charge in [0.2, 0.25) is 5.91 Å². The van der Waals surface area contributed by atoms with E-state index in [1.54, 1.807) is 13.8 Å². The van der Waals surface area contributed by atoms with Crippen LogP contribution in [0.15, 0.2) is 0 Å². The van der Waals surface area contributed by atoms with Gasteiger partial charge in [-0.3, -0.25) is 20.1 Å². The molecule has 0 saturated carbocycles. The van der Waals surface area contributed by atoms with Crippen molar-refractivity contribution < 1.29 is 18.4 Å². The maximum absolute atomic E-state index is 12.4. The van der Waals surface area contributed by atoms with Gasteiger partial charge >= 0.3 is 7.60 Å². The number of guanidine groups is 1. The molecule has 6 N–H and O–H groups in total. The summed E-state index contributed by atoms with van der Waals surface area (Å²) in [5, 5.41) is 15.2. The summed E-state index contributed by atoms with van der Waals surface area (Å²) in [6.07, 6.45) is 1.09. The molecule has 0 heterocycles. The van der Waals surface area contributed by atoms with E-state index in [1.807, 2.05) is 0 Å². The molecule has 0 unspecified atom stereocenters. The Bertz CT molecular complexity index is 384. The van der Waals surface area contributed by atoms with Crippen LogP contribution in [-0.4, -0.2) is 51.0 Å². The predicted molar refractivity (Wildman–Crippen MR) is 85.9 cm³/mol. The van der Waals surface area contributed by atoms with Crippen LogP contribution in [0.2, 0.25) is 0 Å². The number of nitrogens with one attached hydrogen (secondary N) is 4. The summed E-state index contributed by atoms with van der Waals surface area (Å²) in [7, 11) is -1.70. The second-order valence-corrected chi connectivity index (χ2v) is 6.51. The molecular weight excluding hydrogens is 309 g/mol. The number of rotatable bonds is 12. The van der Waals surface area contributed by atoms with E-state index in [-0.39, 0.29) is 31.4 Å². The molecule has 0 fully saturated rings. The van der Waals surface area contributed by atoms with Gasteiger partial charge in [0.1, 0.15) is 0 Å². The molecular formula is C12H28N5O4P. The smallest absolute Gasteiger partial charge is 0.344 e. The highest BCUT2D eigenvalue weighted by atomic mass is 31.2. The third-order valence-electron chi connectivity index (χ3n) is 2.73. The van der Waals surface area contributed by atoms with E-state index in [9.17, 15) is 9.36 Å². The highest BCUT2D eigenvalue weighted by Crippen LogP contribution is 2.46. The number of carbonyl (C=O) groups excluding carboxylic acids is 1. The van der Waals surface area contributed by atoms with Crippen LogP contribution in [0.5, 0.6) is 0 Å². The summed E-state index contributed by atoms with van der Waals surface area (Å²) in [6, 6.07) is -0.520. The van der Waals surface area contributed by atoms with E-state index in [4.69, 9.17) is 20.2 Å². The average Bonchev–Trinajstić information content (AvgIpc) is 2.46. The molecule has 0 aromatic heterocycles. The lowest BCUT2D eigenvalue weighted by atomic mass is 10.1. The van der Waals surface area contributed by atoms with E-state index in [0.29, 0.717) is 19.4 Å². The predicted octanol–water partition coefficient (Wildman–Crippen LogP) is 0.177. The van der Waals surface area contributed by atoms with Crippen LogP contribution in [0.4, 0.5) is 0 Å². The molecule has 0 aliphatic rings. The Morgan fingerprint density at radius 2 is 1.91 bits per heavy atom. The third kappa shape index (κ3) is 8.99. The first-order chi connectivity index (χ1) is 10.4. The molecule has 0 aromatic carbocycles. The second kappa shape index (κ2) is 11.4. The first-order valence-electron chi connectivity index (χ1n) is 7.29. The lowest BCUT2D eigenvalue weighted by molar-refractivity contribution is -0.122. The fourth-order valence-electron chi connectivity index (χ4n) is 1.77. The molecule has 22 heavy (non-hydrogen) atoms. The van der Waals surface area contributed by atoms with Crippen molar-refractivity contribution in [2.24, 2.45) is 5.73 Å². The van der Waals surface area contributed by atoms with Gasteiger partial charge in [-0.1, -0.05) is 0 Å². The lowest BCUT2D eigenvalue weighted by Crippen LogP contribution is -2.44. The highest BCUT2D eigenvalue weighted by Gasteiger charge is 2.26. The third-order valence-corrected chi connectivity index (χ3v) is 4.60. The molecule has 0 aliphatic heterocycles. The van der Waals surface area contributed by atoms with Gasteiger partial charge in [-0.25, -0.2) is 0 Å². The van der Waals surface area contributed by atoms with E-state index in [2.05, 4.69) is 16.0 Å². The van der Waals surface area contributed by atoms with Gasteiger partial charge in [-0.05, 0) is 26.7 Å². The van der Waals surface area contributed by atoms with Crippen LogP contribution in [0.3, 0.4) is 0 Å². The van der Waals surface area contributed by atoms with Crippen molar-refractivity contribution in [2.75, 3.05) is 33.1 Å². The number of likely N-dealkylation sites (N-methyl/N-ethyl adjacent to an activating group) is 1. The zero-order valence-corrected chi connectivity index (χ0v) is 14.4. The van der Waals surface area contributed by atoms with E-state index in [0.717, 1.165) is 0 Å². The zero-order valence-electron chi connectivity index (χ0n) is 13.5. The van der Waals surface area contributed by atoms with Crippen molar-refractivity contribution in [3.05, 3.63) is 0 Å². The van der Waals surface area contributed by atoms with Gasteiger partial charge in [0.15, 0.2) is 5.96 Å². The summed E-state index contributed by atoms with van der Waals surface area (Å²) in [6.45, 7) is 4.49. The molecule has 0 saturated heterocycles. The van der Waals surface area contributed by atoms with Crippen molar-refractivity contribution in [3.8, 4) is 0 Å². The molecule has 9 nitrogen and oxygen atoms in total. The molecule has 1 amide bonds. The fourth-order valence-corrected chi connectivity index (χ4v) is 3.26. The number of nitrogens with two attached hydrogens (primary N) is 1. The summed E-state index contributed by atoms with van der Waals surface area (Å²) in [4.78, 5) is 11.8. The molecule has 0 radical (unpaired) electrons. The zero-order chi connectivity index (χ0) is 17.0. The fraction of sp³-hybridized carbons (Fsp3) is 0.833. The minimum absolute atomic E-state index is 0.0348. The molecule has 130 valence electrons. The van der Waals surface area contributed by atoms with Crippen molar-refractivity contribution in [1.29, 1.82) is 5.41 Å². The summed E-state index contributed by atoms with van der Waals surface area (Å²) >= 11 is 0. The Balaban J connectivity index is 4.47. The van der Waals surface area contributed by atoms with Crippen molar-refractivity contribution in [3.63, 3.8) is 0 Å². The maximum Gasteiger partial charge on any atom is 0.344 e. The van der Waals surface area contributed by atoms with Gasteiger partial charge in [0.25, 0.3) is 0 Å². The lowest BCUT2D eigenvalue weighted by Gasteiger charge is -2.22. The largest absolute Gasteiger partial charge is 0.370 e. The van der Waals surface area contributed by atoms with E-state index >= 15 is 0 Å². The topological polar surface area (TPSA) is 139 Å². The standard InChI is InChI=1S/C12H28N5O4P/c1-4-20-22(19,21-5-2)9-17-10(11(18)15-3)7-6-8-16-12(13)14/h10,17H,4-9H2,1-3H3,(H,15,18)(H4,13,14,16)/t10-/m0/s1. The Hall–Kier alpha value is -1.15. The Morgan fingerprint density at radius 1 is 1.32 bits per heavy atom. The number of amides is 1. The first-order valence-corrected chi connectivity index (χ1v) is 9.02. The van der Waals surface area contributed by atoms with Gasteiger partial charge < -0.3 is 25.4 Å². The molecule has 0 aliphatic carbocycles. The molecule has 0 bridgehead atoms. The first kappa shape index (κ1) is 20.9. The minimum Gasteiger partial charge on any atom is -0.370 e. The van der Waals surface area contributed by atoms with Gasteiger partial charge in [-0.15, -0.1) is 0 Å². The molecule has 0 rings (SSSR count). The molecule has 0 spiro atoms. The Morgan fingerprint density at radius 3 is 2.36 bits per heavy atom. The van der Waals surface area contributed by atoms with Crippen LogP contribution >= 0.6 is 7.60 Å². The number of hydrogen-bond acceptors (Lipinski definition) is 6. The van der Waals surface area contributed by atoms with E-state index in [1.165, 1.54) is 7.05 Å². The SMILES string of the molecule is CCOP(=O)(CN[C@@H](CCCNC(=N)N)C(=O)NC)OCC. The average molecular weight is 337 g/mol. The van der Waals surface area contributed by atoms with Gasteiger partial charge in [0, 0.05) is 13.6 Å². The van der Waals surface area contributed by atoms with Crippen LogP contribution in [0, 0.1) is 5.41 Å². The Kier molecular flexibility index (Phi) is 10.8. The minimum atomic E-state index is -3.24. The van der Waals surface area contributed by atoms with Crippen molar-refractivity contribution in [2.45, 2.75) is 32.7 Å². The quantitative estimate of drug-likeness (QED) is 0.148. The number of hydrogen-bond donors (Lipinski definition) is 5. The Labute approximate surface area is 131 Å². The monoisotopic (exact) mass is 337 g/mol. The van der Waals surface area contributed by atoms with E-state index < -0.39 is 13.6 Å². The maximum atomic E-state index is 12.4. The molecule has 1 atom stereocenters. The summed E-state index contributed by atoms with van der Waals surface area (Å²) in [5.41, 5.74) is 5.19. The van der Waals surface area contributed by atoms with Crippen LogP contribution in [0.1, 0.15) is 26.7 Å².